The number of halogens is 3. The molecule has 9 heteroatoms. The van der Waals surface area contributed by atoms with E-state index in [1.54, 1.807) is 0 Å². The predicted molar refractivity (Wildman–Crippen MR) is 51.1 cm³/mol. The Morgan fingerprint density at radius 1 is 1.40 bits per heavy atom. The molecule has 0 bridgehead atoms. The highest BCUT2D eigenvalue weighted by Crippen LogP contribution is 2.30. The van der Waals surface area contributed by atoms with Crippen molar-refractivity contribution in [3.8, 4) is 0 Å². The van der Waals surface area contributed by atoms with Crippen molar-refractivity contribution in [2.24, 2.45) is 0 Å². The fourth-order valence-electron chi connectivity index (χ4n) is 0.861. The number of benzene rings is 1. The summed E-state index contributed by atoms with van der Waals surface area (Å²) in [7, 11) is 0.460. The molecule has 1 rings (SSSR count). The van der Waals surface area contributed by atoms with Gasteiger partial charge in [-0.3, -0.25) is 10.1 Å². The third kappa shape index (κ3) is 2.55. The average molecular weight is 274 g/mol. The van der Waals surface area contributed by atoms with E-state index >= 15 is 0 Å². The molecule has 0 aliphatic rings. The molecule has 0 aliphatic carbocycles. The van der Waals surface area contributed by atoms with Gasteiger partial charge in [0.25, 0.3) is 9.05 Å². The van der Waals surface area contributed by atoms with Gasteiger partial charge in [0.2, 0.25) is 5.82 Å². The summed E-state index contributed by atoms with van der Waals surface area (Å²) < 4.78 is 34.9. The molecule has 5 nitrogen and oxygen atoms in total. The van der Waals surface area contributed by atoms with E-state index in [4.69, 9.17) is 22.3 Å². The smallest absolute Gasteiger partial charge is 0.258 e. The summed E-state index contributed by atoms with van der Waals surface area (Å²) in [6, 6.07) is 1.40. The maximum atomic E-state index is 13.2. The molecule has 1 aromatic carbocycles. The van der Waals surface area contributed by atoms with E-state index in [0.717, 1.165) is 0 Å². The van der Waals surface area contributed by atoms with Gasteiger partial charge < -0.3 is 0 Å². The summed E-state index contributed by atoms with van der Waals surface area (Å²) in [5, 5.41) is 10.0. The van der Waals surface area contributed by atoms with Gasteiger partial charge in [-0.25, -0.2) is 8.42 Å². The van der Waals surface area contributed by atoms with Crippen LogP contribution in [0.4, 0.5) is 10.1 Å². The molecule has 0 aromatic heterocycles. The van der Waals surface area contributed by atoms with Gasteiger partial charge in [-0.05, 0) is 6.07 Å². The summed E-state index contributed by atoms with van der Waals surface area (Å²) in [6.07, 6.45) is 0. The summed E-state index contributed by atoms with van der Waals surface area (Å²) in [5.41, 5.74) is -1.04. The lowest BCUT2D eigenvalue weighted by atomic mass is 10.3. The Labute approximate surface area is 93.0 Å². The molecule has 0 radical (unpaired) electrons. The van der Waals surface area contributed by atoms with Crippen LogP contribution in [0, 0.1) is 15.9 Å². The number of hydrogen-bond acceptors (Lipinski definition) is 4. The van der Waals surface area contributed by atoms with Gasteiger partial charge in [0, 0.05) is 21.8 Å². The minimum absolute atomic E-state index is 0.290. The second-order valence-electron chi connectivity index (χ2n) is 2.43. The molecule has 0 aliphatic heterocycles. The van der Waals surface area contributed by atoms with Gasteiger partial charge in [0.05, 0.1) is 4.92 Å². The largest absolute Gasteiger partial charge is 0.307 e. The molecular weight excluding hydrogens is 272 g/mol. The lowest BCUT2D eigenvalue weighted by Crippen LogP contribution is -2.00. The van der Waals surface area contributed by atoms with Crippen molar-refractivity contribution in [1.29, 1.82) is 0 Å². The Morgan fingerprint density at radius 2 is 1.93 bits per heavy atom. The van der Waals surface area contributed by atoms with Crippen molar-refractivity contribution in [3.05, 3.63) is 33.1 Å². The van der Waals surface area contributed by atoms with Crippen LogP contribution in [0.1, 0.15) is 0 Å². The number of nitrogens with zero attached hydrogens (tertiary/aromatic N) is 1. The van der Waals surface area contributed by atoms with Crippen molar-refractivity contribution >= 4 is 37.0 Å². The second-order valence-corrected chi connectivity index (χ2v) is 5.40. The van der Waals surface area contributed by atoms with Crippen molar-refractivity contribution in [1.82, 2.24) is 0 Å². The first-order valence-corrected chi connectivity index (χ1v) is 6.00. The molecule has 0 spiro atoms. The molecular formula is C6H2Cl2FNO4S. The van der Waals surface area contributed by atoms with Gasteiger partial charge in [0.15, 0.2) is 0 Å². The van der Waals surface area contributed by atoms with Gasteiger partial charge >= 0.3 is 5.69 Å². The lowest BCUT2D eigenvalue weighted by Gasteiger charge is -2.00. The summed E-state index contributed by atoms with van der Waals surface area (Å²) >= 11 is 5.38. The summed E-state index contributed by atoms with van der Waals surface area (Å²) in [4.78, 5) is 8.22. The first-order chi connectivity index (χ1) is 6.73. The van der Waals surface area contributed by atoms with E-state index in [9.17, 15) is 22.9 Å². The van der Waals surface area contributed by atoms with Crippen molar-refractivity contribution in [3.63, 3.8) is 0 Å². The fraction of sp³-hybridized carbons (Fsp3) is 0. The molecule has 82 valence electrons. The first-order valence-electron chi connectivity index (χ1n) is 3.31. The fourth-order valence-corrected chi connectivity index (χ4v) is 2.06. The summed E-state index contributed by atoms with van der Waals surface area (Å²) in [6.45, 7) is 0. The Morgan fingerprint density at radius 3 is 2.33 bits per heavy atom. The van der Waals surface area contributed by atoms with Gasteiger partial charge in [-0.2, -0.15) is 4.39 Å². The van der Waals surface area contributed by atoms with Crippen LogP contribution in [0.3, 0.4) is 0 Å². The maximum absolute atomic E-state index is 13.2. The Hall–Kier alpha value is -0.920. The van der Waals surface area contributed by atoms with Crippen LogP contribution in [0.25, 0.3) is 0 Å². The normalized spacial score (nSPS) is 11.4. The van der Waals surface area contributed by atoms with Gasteiger partial charge in [-0.15, -0.1) is 0 Å². The van der Waals surface area contributed by atoms with E-state index in [0.29, 0.717) is 12.1 Å². The van der Waals surface area contributed by atoms with E-state index in [2.05, 4.69) is 0 Å². The molecule has 0 saturated carbocycles. The molecule has 0 fully saturated rings. The molecule has 15 heavy (non-hydrogen) atoms. The van der Waals surface area contributed by atoms with Crippen molar-refractivity contribution < 1.29 is 17.7 Å². The second kappa shape index (κ2) is 3.92. The Bertz CT molecular complexity index is 530. The van der Waals surface area contributed by atoms with Crippen LogP contribution < -0.4 is 0 Å². The highest BCUT2D eigenvalue weighted by Gasteiger charge is 2.26. The van der Waals surface area contributed by atoms with Crippen molar-refractivity contribution in [2.45, 2.75) is 4.90 Å². The van der Waals surface area contributed by atoms with Crippen LogP contribution in [-0.2, 0) is 9.05 Å². The molecule has 0 amide bonds. The molecule has 0 unspecified atom stereocenters. The zero-order chi connectivity index (χ0) is 11.8. The van der Waals surface area contributed by atoms with Crippen LogP contribution in [-0.4, -0.2) is 13.3 Å². The number of nitro groups is 1. The van der Waals surface area contributed by atoms with E-state index in [1.165, 1.54) is 0 Å². The Balaban J connectivity index is 3.63. The van der Waals surface area contributed by atoms with E-state index < -0.39 is 30.4 Å². The summed E-state index contributed by atoms with van der Waals surface area (Å²) in [5.74, 6) is -1.53. The monoisotopic (exact) mass is 273 g/mol. The van der Waals surface area contributed by atoms with Gasteiger partial charge in [0.1, 0.15) is 4.90 Å². The third-order valence-electron chi connectivity index (χ3n) is 1.44. The third-order valence-corrected chi connectivity index (χ3v) is 2.98. The molecule has 1 aromatic rings. The maximum Gasteiger partial charge on any atom is 0.307 e. The average Bonchev–Trinajstić information content (AvgIpc) is 2.06. The lowest BCUT2D eigenvalue weighted by molar-refractivity contribution is -0.387. The predicted octanol–water partition coefficient (Wildman–Crippen LogP) is 2.31. The number of rotatable bonds is 2. The van der Waals surface area contributed by atoms with Crippen molar-refractivity contribution in [2.75, 3.05) is 0 Å². The van der Waals surface area contributed by atoms with Crippen LogP contribution in [0.5, 0.6) is 0 Å². The standard InChI is InChI=1S/C6H2Cl2FNO4S/c7-3-1-4(10(11)12)6(9)5(2-3)15(8,13)14/h1-2H. The highest BCUT2D eigenvalue weighted by molar-refractivity contribution is 8.13. The SMILES string of the molecule is O=[N+]([O-])c1cc(Cl)cc(S(=O)(=O)Cl)c1F. The van der Waals surface area contributed by atoms with Crippen LogP contribution in [0.15, 0.2) is 17.0 Å². The molecule has 0 atom stereocenters. The Kier molecular flexibility index (Phi) is 3.17. The molecule has 0 N–H and O–H groups in total. The van der Waals surface area contributed by atoms with Gasteiger partial charge in [-0.1, -0.05) is 11.6 Å². The van der Waals surface area contributed by atoms with E-state index in [1.807, 2.05) is 0 Å². The highest BCUT2D eigenvalue weighted by atomic mass is 35.7. The molecule has 0 heterocycles. The zero-order valence-corrected chi connectivity index (χ0v) is 9.11. The van der Waals surface area contributed by atoms with E-state index in [-0.39, 0.29) is 5.02 Å². The van der Waals surface area contributed by atoms with Crippen LogP contribution >= 0.6 is 22.3 Å². The zero-order valence-electron chi connectivity index (χ0n) is 6.78. The quantitative estimate of drug-likeness (QED) is 0.471. The topological polar surface area (TPSA) is 77.3 Å². The minimum atomic E-state index is -4.40. The number of nitro benzene ring substituents is 1. The minimum Gasteiger partial charge on any atom is -0.258 e. The number of hydrogen-bond donors (Lipinski definition) is 0. The van der Waals surface area contributed by atoms with Crippen LogP contribution in [0.2, 0.25) is 5.02 Å². The first kappa shape index (κ1) is 12.2. The molecule has 0 saturated heterocycles.